The lowest BCUT2D eigenvalue weighted by Crippen LogP contribution is -2.46. The lowest BCUT2D eigenvalue weighted by atomic mass is 9.83. The highest BCUT2D eigenvalue weighted by atomic mass is 28.4. The number of anilines is 3. The van der Waals surface area contributed by atoms with Crippen LogP contribution < -0.4 is 15.0 Å². The number of amides is 1. The highest BCUT2D eigenvalue weighted by Crippen LogP contribution is 2.47. The second-order valence-electron chi connectivity index (χ2n) is 14.3. The largest absolute Gasteiger partial charge is 0.480 e. The van der Waals surface area contributed by atoms with Crippen LogP contribution >= 0.6 is 0 Å². The van der Waals surface area contributed by atoms with Gasteiger partial charge in [0.2, 0.25) is 11.8 Å². The van der Waals surface area contributed by atoms with Crippen molar-refractivity contribution in [3.63, 3.8) is 0 Å². The first-order chi connectivity index (χ1) is 21.6. The van der Waals surface area contributed by atoms with Gasteiger partial charge in [0.05, 0.1) is 24.1 Å². The van der Waals surface area contributed by atoms with Gasteiger partial charge in [0.1, 0.15) is 23.1 Å². The molecule has 0 unspecified atom stereocenters. The Kier molecular flexibility index (Phi) is 9.42. The molecule has 0 saturated heterocycles. The molecule has 1 atom stereocenters. The zero-order valence-corrected chi connectivity index (χ0v) is 29.4. The van der Waals surface area contributed by atoms with Gasteiger partial charge < -0.3 is 19.2 Å². The molecule has 0 aliphatic carbocycles. The van der Waals surface area contributed by atoms with Gasteiger partial charge in [-0.2, -0.15) is 18.4 Å². The molecule has 4 rings (SSSR count). The highest BCUT2D eigenvalue weighted by molar-refractivity contribution is 6.74. The first kappa shape index (κ1) is 35.6. The molecule has 0 saturated carbocycles. The van der Waals surface area contributed by atoms with Gasteiger partial charge >= 0.3 is 12.3 Å². The number of nitrogens with one attached hydrogen (secondary N) is 1. The van der Waals surface area contributed by atoms with Crippen LogP contribution in [0, 0.1) is 11.3 Å². The third-order valence-corrected chi connectivity index (χ3v) is 12.8. The number of benzene rings is 1. The van der Waals surface area contributed by atoms with Crippen LogP contribution in [-0.4, -0.2) is 55.2 Å². The number of alkyl halides is 3. The number of halogens is 3. The summed E-state index contributed by atoms with van der Waals surface area (Å²) in [5.74, 6) is -0.210. The molecule has 3 aromatic rings. The summed E-state index contributed by atoms with van der Waals surface area (Å²) in [7, 11) is -0.987. The van der Waals surface area contributed by atoms with Crippen LogP contribution in [-0.2, 0) is 20.8 Å². The smallest absolute Gasteiger partial charge is 0.433 e. The summed E-state index contributed by atoms with van der Waals surface area (Å²) < 4.78 is 57.1. The van der Waals surface area contributed by atoms with E-state index in [0.717, 1.165) is 11.6 Å². The quantitative estimate of drug-likeness (QED) is 0.248. The molecule has 10 nitrogen and oxygen atoms in total. The third kappa shape index (κ3) is 7.68. The van der Waals surface area contributed by atoms with Crippen LogP contribution in [0.25, 0.3) is 11.3 Å². The van der Waals surface area contributed by atoms with Crippen molar-refractivity contribution >= 4 is 31.7 Å². The molecular weight excluding hydrogens is 629 g/mol. The second kappa shape index (κ2) is 12.4. The Hall–Kier alpha value is -4.22. The number of carbonyl (C=O) groups excluding carboxylic acids is 1. The summed E-state index contributed by atoms with van der Waals surface area (Å²) >= 11 is 0. The monoisotopic (exact) mass is 670 g/mol. The predicted octanol–water partition coefficient (Wildman–Crippen LogP) is 8.22. The van der Waals surface area contributed by atoms with E-state index in [1.807, 2.05) is 13.0 Å². The number of hydrogen-bond donors (Lipinski definition) is 1. The molecule has 0 radical (unpaired) electrons. The van der Waals surface area contributed by atoms with Crippen LogP contribution in [0.2, 0.25) is 18.1 Å². The zero-order chi connectivity index (χ0) is 35.2. The van der Waals surface area contributed by atoms with Gasteiger partial charge in [-0.25, -0.2) is 19.7 Å². The van der Waals surface area contributed by atoms with E-state index in [0.29, 0.717) is 23.6 Å². The third-order valence-electron chi connectivity index (χ3n) is 8.37. The van der Waals surface area contributed by atoms with Gasteiger partial charge in [-0.3, -0.25) is 4.90 Å². The maximum absolute atomic E-state index is 13.5. The number of hydrogen-bond acceptors (Lipinski definition) is 9. The first-order valence-corrected chi connectivity index (χ1v) is 18.0. The Labute approximate surface area is 274 Å². The van der Waals surface area contributed by atoms with Gasteiger partial charge in [0, 0.05) is 30.3 Å². The molecule has 2 aromatic heterocycles. The normalized spacial score (nSPS) is 16.8. The van der Waals surface area contributed by atoms with E-state index in [4.69, 9.17) is 13.9 Å². The number of methoxy groups -OCH3 is 1. The summed E-state index contributed by atoms with van der Waals surface area (Å²) in [6.07, 6.45) is -3.72. The number of ether oxygens (including phenoxy) is 2. The molecule has 0 spiro atoms. The Morgan fingerprint density at radius 2 is 1.79 bits per heavy atom. The molecule has 1 amide bonds. The maximum Gasteiger partial charge on any atom is 0.433 e. The highest BCUT2D eigenvalue weighted by Gasteiger charge is 2.47. The zero-order valence-electron chi connectivity index (χ0n) is 28.4. The number of nitriles is 1. The van der Waals surface area contributed by atoms with Crippen molar-refractivity contribution in [2.24, 2.45) is 0 Å². The Morgan fingerprint density at radius 1 is 1.11 bits per heavy atom. The fourth-order valence-corrected chi connectivity index (χ4v) is 5.95. The van der Waals surface area contributed by atoms with Crippen LogP contribution in [0.3, 0.4) is 0 Å². The summed E-state index contributed by atoms with van der Waals surface area (Å²) in [5, 5.41) is 13.2. The van der Waals surface area contributed by atoms with Gasteiger partial charge in [-0.05, 0) is 74.8 Å². The van der Waals surface area contributed by atoms with Crippen molar-refractivity contribution in [1.82, 2.24) is 15.0 Å². The number of carbonyl (C=O) groups is 1. The summed E-state index contributed by atoms with van der Waals surface area (Å²) in [5.41, 5.74) is 0.0357. The Morgan fingerprint density at radius 3 is 2.36 bits per heavy atom. The molecule has 0 fully saturated rings. The molecule has 3 heterocycles. The van der Waals surface area contributed by atoms with E-state index >= 15 is 0 Å². The minimum Gasteiger partial charge on any atom is -0.480 e. The van der Waals surface area contributed by atoms with Crippen LogP contribution in [0.15, 0.2) is 36.5 Å². The van der Waals surface area contributed by atoms with Crippen molar-refractivity contribution in [1.29, 1.82) is 5.26 Å². The average molecular weight is 671 g/mol. The van der Waals surface area contributed by atoms with Crippen molar-refractivity contribution in [3.05, 3.63) is 53.3 Å². The minimum atomic E-state index is -4.64. The van der Waals surface area contributed by atoms with Gasteiger partial charge in [0.15, 0.2) is 8.32 Å². The van der Waals surface area contributed by atoms with Gasteiger partial charge in [0.25, 0.3) is 0 Å². The predicted molar refractivity (Wildman–Crippen MR) is 175 cm³/mol. The summed E-state index contributed by atoms with van der Waals surface area (Å²) in [6, 6.07) is 9.45. The maximum atomic E-state index is 13.5. The average Bonchev–Trinajstić information content (AvgIpc) is 3.27. The van der Waals surface area contributed by atoms with Gasteiger partial charge in [-0.15, -0.1) is 0 Å². The lowest BCUT2D eigenvalue weighted by Gasteiger charge is -2.39. The molecule has 14 heteroatoms. The van der Waals surface area contributed by atoms with E-state index in [2.05, 4.69) is 60.2 Å². The molecule has 47 heavy (non-hydrogen) atoms. The van der Waals surface area contributed by atoms with Gasteiger partial charge in [-0.1, -0.05) is 27.7 Å². The van der Waals surface area contributed by atoms with E-state index in [9.17, 15) is 23.2 Å². The van der Waals surface area contributed by atoms with Crippen LogP contribution in [0.1, 0.15) is 65.3 Å². The Balaban J connectivity index is 1.79. The molecule has 252 valence electrons. The molecule has 1 aliphatic rings. The fraction of sp³-hybridized carbons (Fsp3) is 0.485. The van der Waals surface area contributed by atoms with Crippen molar-refractivity contribution < 1.29 is 31.9 Å². The molecular formula is C33H41F3N6O4Si. The second-order valence-corrected chi connectivity index (χ2v) is 19.2. The molecule has 1 N–H and O–H groups in total. The number of rotatable bonds is 7. The van der Waals surface area contributed by atoms with Crippen LogP contribution in [0.4, 0.5) is 35.3 Å². The number of nitrogens with zero attached hydrogens (tertiary/aromatic N) is 5. The van der Waals surface area contributed by atoms with Crippen molar-refractivity contribution in [3.8, 4) is 23.2 Å². The molecule has 1 aromatic carbocycles. The standard InChI is InChI=1S/C33H41F3N6O4Si/c1-30(2,3)46-29(43)42-18-32(7,19-45-47(9,10)31(4,5)6)22-16-20(15-21(17-37)26(22)42)23-13-14-38-28(39-23)40-24-11-12-25(33(34,35)36)41-27(24)44-8/h11-16H,18-19H2,1-10H3,(H,38,39,40)/t32-/m1/s1. The van der Waals surface area contributed by atoms with Crippen molar-refractivity contribution in [2.75, 3.05) is 30.5 Å². The number of pyridine rings is 1. The SMILES string of the molecule is COc1nc(C(F)(F)F)ccc1Nc1nccc(-c2cc(C#N)c3c(c2)[C@@](C)(CO[Si](C)(C)C(C)(C)C)CN3C(=O)OC(C)(C)C)n1. The summed E-state index contributed by atoms with van der Waals surface area (Å²) in [4.78, 5) is 27.4. The van der Waals surface area contributed by atoms with Crippen LogP contribution in [0.5, 0.6) is 5.88 Å². The van der Waals surface area contributed by atoms with E-state index in [-0.39, 0.29) is 34.7 Å². The number of aromatic nitrogens is 3. The Bertz CT molecular complexity index is 1710. The first-order valence-electron chi connectivity index (χ1n) is 15.0. The topological polar surface area (TPSA) is 122 Å². The van der Waals surface area contributed by atoms with E-state index in [1.54, 1.807) is 32.9 Å². The minimum absolute atomic E-state index is 0.0507. The lowest BCUT2D eigenvalue weighted by molar-refractivity contribution is -0.141. The summed E-state index contributed by atoms with van der Waals surface area (Å²) in [6.45, 7) is 18.7. The van der Waals surface area contributed by atoms with E-state index < -0.39 is 37.3 Å². The molecule has 1 aliphatic heterocycles. The van der Waals surface area contributed by atoms with E-state index in [1.165, 1.54) is 24.3 Å². The fourth-order valence-electron chi connectivity index (χ4n) is 4.83. The number of fused-ring (bicyclic) bond motifs is 1. The van der Waals surface area contributed by atoms with Crippen molar-refractivity contribution in [2.45, 2.75) is 83.8 Å². The molecule has 0 bridgehead atoms.